The Kier molecular flexibility index (Phi) is 8.39. The fraction of sp³-hybridized carbons (Fsp3) is 0.424. The van der Waals surface area contributed by atoms with E-state index in [2.05, 4.69) is 20.2 Å². The third-order valence-electron chi connectivity index (χ3n) is 8.82. The number of carbonyl (C=O) groups excluding carboxylic acids is 2. The van der Waals surface area contributed by atoms with Crippen molar-refractivity contribution in [2.45, 2.75) is 32.7 Å². The van der Waals surface area contributed by atoms with Crippen LogP contribution in [0.5, 0.6) is 0 Å². The molecule has 9 nitrogen and oxygen atoms in total. The Balaban J connectivity index is 1.08. The molecule has 9 heteroatoms. The molecule has 0 radical (unpaired) electrons. The van der Waals surface area contributed by atoms with Crippen molar-refractivity contribution in [3.63, 3.8) is 0 Å². The Morgan fingerprint density at radius 2 is 1.67 bits per heavy atom. The lowest BCUT2D eigenvalue weighted by molar-refractivity contribution is -0.127. The molecule has 0 spiro atoms. The standard InChI is InChI=1S/C33H41N7O2/c1-25-22-27(33(42)40-24-28-23-34-36(2)32(28)35-29-8-4-5-9-30(29)40)11-10-26(25)12-13-31(41)39-20-18-38(19-21-39)17-16-37-14-6-3-7-15-37/h4-5,8-13,22-23,35H,3,6-7,14-21,24H2,1-2H3/b13-12+. The number of nitrogens with one attached hydrogen (secondary N) is 1. The average Bonchev–Trinajstić information content (AvgIpc) is 3.27. The van der Waals surface area contributed by atoms with Crippen LogP contribution in [-0.4, -0.2) is 88.7 Å². The summed E-state index contributed by atoms with van der Waals surface area (Å²) >= 11 is 0. The molecule has 6 rings (SSSR count). The van der Waals surface area contributed by atoms with E-state index in [-0.39, 0.29) is 11.8 Å². The van der Waals surface area contributed by atoms with E-state index in [0.29, 0.717) is 12.1 Å². The number of para-hydroxylation sites is 2. The summed E-state index contributed by atoms with van der Waals surface area (Å²) in [7, 11) is 1.89. The highest BCUT2D eigenvalue weighted by atomic mass is 16.2. The molecular weight excluding hydrogens is 526 g/mol. The quantitative estimate of drug-likeness (QED) is 0.449. The van der Waals surface area contributed by atoms with Gasteiger partial charge < -0.3 is 20.0 Å². The van der Waals surface area contributed by atoms with Gasteiger partial charge in [-0.2, -0.15) is 5.10 Å². The lowest BCUT2D eigenvalue weighted by atomic mass is 10.0. The predicted molar refractivity (Wildman–Crippen MR) is 167 cm³/mol. The van der Waals surface area contributed by atoms with Crippen LogP contribution in [0.15, 0.2) is 54.7 Å². The Morgan fingerprint density at radius 1 is 0.929 bits per heavy atom. The number of piperazine rings is 1. The first-order valence-corrected chi connectivity index (χ1v) is 15.2. The topological polar surface area (TPSA) is 76.9 Å². The molecule has 1 aromatic heterocycles. The van der Waals surface area contributed by atoms with E-state index in [1.807, 2.05) is 67.4 Å². The third-order valence-corrected chi connectivity index (χ3v) is 8.82. The van der Waals surface area contributed by atoms with Crippen molar-refractivity contribution in [2.24, 2.45) is 7.05 Å². The van der Waals surface area contributed by atoms with Gasteiger partial charge in [0.1, 0.15) is 5.82 Å². The molecule has 0 bridgehead atoms. The first kappa shape index (κ1) is 28.2. The summed E-state index contributed by atoms with van der Waals surface area (Å²) in [5, 5.41) is 7.82. The lowest BCUT2D eigenvalue weighted by Gasteiger charge is -2.36. The molecule has 42 heavy (non-hydrogen) atoms. The van der Waals surface area contributed by atoms with Gasteiger partial charge in [0.25, 0.3) is 5.91 Å². The SMILES string of the molecule is Cc1cc(C(=O)N2Cc3cnn(C)c3Nc3ccccc32)ccc1/C=C/C(=O)N1CCN(CCN2CCCCC2)CC1. The number of benzene rings is 2. The number of anilines is 3. The van der Waals surface area contributed by atoms with Crippen LogP contribution in [0.3, 0.4) is 0 Å². The van der Waals surface area contributed by atoms with Crippen molar-refractivity contribution in [3.05, 3.63) is 77.0 Å². The second kappa shape index (κ2) is 12.5. The lowest BCUT2D eigenvalue weighted by Crippen LogP contribution is -2.50. The molecule has 3 aliphatic heterocycles. The van der Waals surface area contributed by atoms with E-state index in [0.717, 1.165) is 73.2 Å². The van der Waals surface area contributed by atoms with E-state index < -0.39 is 0 Å². The molecule has 0 unspecified atom stereocenters. The molecule has 3 aromatic rings. The maximum Gasteiger partial charge on any atom is 0.258 e. The number of aromatic nitrogens is 2. The van der Waals surface area contributed by atoms with Gasteiger partial charge in [0.05, 0.1) is 24.1 Å². The number of fused-ring (bicyclic) bond motifs is 2. The van der Waals surface area contributed by atoms with Crippen LogP contribution in [-0.2, 0) is 18.4 Å². The summed E-state index contributed by atoms with van der Waals surface area (Å²) in [5.74, 6) is 0.859. The molecule has 0 aliphatic carbocycles. The number of piperidine rings is 1. The van der Waals surface area contributed by atoms with Crippen LogP contribution in [0.4, 0.5) is 17.2 Å². The maximum atomic E-state index is 13.8. The zero-order valence-corrected chi connectivity index (χ0v) is 24.8. The smallest absolute Gasteiger partial charge is 0.258 e. The summed E-state index contributed by atoms with van der Waals surface area (Å²) in [6, 6.07) is 13.5. The van der Waals surface area contributed by atoms with Gasteiger partial charge in [-0.1, -0.05) is 24.6 Å². The van der Waals surface area contributed by atoms with Crippen LogP contribution in [0.1, 0.15) is 46.3 Å². The van der Waals surface area contributed by atoms with Gasteiger partial charge in [-0.15, -0.1) is 0 Å². The van der Waals surface area contributed by atoms with Gasteiger partial charge in [-0.05, 0) is 74.3 Å². The normalized spacial score (nSPS) is 18.0. The van der Waals surface area contributed by atoms with Crippen LogP contribution in [0.25, 0.3) is 6.08 Å². The molecule has 2 fully saturated rings. The molecule has 0 saturated carbocycles. The summed E-state index contributed by atoms with van der Waals surface area (Å²) in [5.41, 5.74) is 5.16. The molecule has 2 amide bonds. The van der Waals surface area contributed by atoms with Crippen LogP contribution in [0, 0.1) is 6.92 Å². The number of carbonyl (C=O) groups is 2. The first-order valence-electron chi connectivity index (χ1n) is 15.2. The molecule has 1 N–H and O–H groups in total. The number of nitrogens with zero attached hydrogens (tertiary/aromatic N) is 6. The summed E-state index contributed by atoms with van der Waals surface area (Å²) < 4.78 is 1.79. The monoisotopic (exact) mass is 567 g/mol. The van der Waals surface area contributed by atoms with Crippen molar-refractivity contribution >= 4 is 35.1 Å². The number of likely N-dealkylation sites (tertiary alicyclic amines) is 1. The molecule has 3 aliphatic rings. The van der Waals surface area contributed by atoms with E-state index in [1.165, 1.54) is 32.4 Å². The van der Waals surface area contributed by atoms with Gasteiger partial charge in [-0.25, -0.2) is 0 Å². The van der Waals surface area contributed by atoms with Crippen LogP contribution >= 0.6 is 0 Å². The largest absolute Gasteiger partial charge is 0.338 e. The highest BCUT2D eigenvalue weighted by Crippen LogP contribution is 2.36. The van der Waals surface area contributed by atoms with Gasteiger partial charge in [0, 0.05) is 63.5 Å². The van der Waals surface area contributed by atoms with E-state index in [1.54, 1.807) is 21.9 Å². The number of amides is 2. The van der Waals surface area contributed by atoms with Crippen molar-refractivity contribution in [2.75, 3.05) is 62.6 Å². The summed E-state index contributed by atoms with van der Waals surface area (Å²) in [4.78, 5) is 35.6. The summed E-state index contributed by atoms with van der Waals surface area (Å²) in [6.45, 7) is 10.5. The highest BCUT2D eigenvalue weighted by Gasteiger charge is 2.27. The number of rotatable bonds is 6. The Bertz CT molecular complexity index is 1460. The van der Waals surface area contributed by atoms with E-state index in [4.69, 9.17) is 0 Å². The Hall–Kier alpha value is -3.95. The number of hydrogen-bond donors (Lipinski definition) is 1. The minimum Gasteiger partial charge on any atom is -0.338 e. The van der Waals surface area contributed by atoms with Gasteiger partial charge in [0.15, 0.2) is 0 Å². The zero-order valence-electron chi connectivity index (χ0n) is 24.8. The minimum atomic E-state index is -0.0752. The molecule has 2 saturated heterocycles. The predicted octanol–water partition coefficient (Wildman–Crippen LogP) is 4.28. The minimum absolute atomic E-state index is 0.0474. The second-order valence-corrected chi connectivity index (χ2v) is 11.6. The van der Waals surface area contributed by atoms with Gasteiger partial charge >= 0.3 is 0 Å². The maximum absolute atomic E-state index is 13.8. The third kappa shape index (κ3) is 6.12. The van der Waals surface area contributed by atoms with Crippen molar-refractivity contribution in [1.29, 1.82) is 0 Å². The summed E-state index contributed by atoms with van der Waals surface area (Å²) in [6.07, 6.45) is 9.37. The zero-order chi connectivity index (χ0) is 29.1. The van der Waals surface area contributed by atoms with E-state index >= 15 is 0 Å². The molecular formula is C33H41N7O2. The van der Waals surface area contributed by atoms with Crippen molar-refractivity contribution in [3.8, 4) is 0 Å². The first-order chi connectivity index (χ1) is 20.5. The van der Waals surface area contributed by atoms with Gasteiger partial charge in [-0.3, -0.25) is 19.2 Å². The molecule has 0 atom stereocenters. The Morgan fingerprint density at radius 3 is 2.43 bits per heavy atom. The van der Waals surface area contributed by atoms with Crippen molar-refractivity contribution < 1.29 is 9.59 Å². The fourth-order valence-corrected chi connectivity index (χ4v) is 6.21. The number of aryl methyl sites for hydroxylation is 2. The molecule has 4 heterocycles. The molecule has 2 aromatic carbocycles. The average molecular weight is 568 g/mol. The van der Waals surface area contributed by atoms with E-state index in [9.17, 15) is 9.59 Å². The Labute approximate surface area is 248 Å². The molecule has 220 valence electrons. The van der Waals surface area contributed by atoms with Gasteiger partial charge in [0.2, 0.25) is 5.91 Å². The van der Waals surface area contributed by atoms with Crippen molar-refractivity contribution in [1.82, 2.24) is 24.5 Å². The fourth-order valence-electron chi connectivity index (χ4n) is 6.21. The highest BCUT2D eigenvalue weighted by molar-refractivity contribution is 6.08. The number of hydrogen-bond acceptors (Lipinski definition) is 6. The van der Waals surface area contributed by atoms with Crippen LogP contribution < -0.4 is 10.2 Å². The second-order valence-electron chi connectivity index (χ2n) is 11.6. The van der Waals surface area contributed by atoms with Crippen LogP contribution in [0.2, 0.25) is 0 Å².